The lowest BCUT2D eigenvalue weighted by Crippen LogP contribution is -2.33. The van der Waals surface area contributed by atoms with Crippen LogP contribution >= 0.6 is 15.9 Å². The lowest BCUT2D eigenvalue weighted by atomic mass is 9.96. The summed E-state index contributed by atoms with van der Waals surface area (Å²) in [6.07, 6.45) is 3.86. The van der Waals surface area contributed by atoms with Crippen molar-refractivity contribution < 1.29 is 0 Å². The van der Waals surface area contributed by atoms with Crippen LogP contribution in [0, 0.1) is 13.8 Å². The third-order valence-corrected chi connectivity index (χ3v) is 4.18. The molecule has 0 aliphatic carbocycles. The van der Waals surface area contributed by atoms with Crippen molar-refractivity contribution in [3.8, 4) is 0 Å². The molecule has 1 atom stereocenters. The fourth-order valence-corrected chi connectivity index (χ4v) is 2.80. The Morgan fingerprint density at radius 2 is 1.95 bits per heavy atom. The van der Waals surface area contributed by atoms with E-state index in [1.54, 1.807) is 0 Å². The molecule has 112 valence electrons. The predicted octanol–water partition coefficient (Wildman–Crippen LogP) is 4.22. The van der Waals surface area contributed by atoms with Crippen molar-refractivity contribution in [1.29, 1.82) is 0 Å². The smallest absolute Gasteiger partial charge is 0.0420 e. The van der Waals surface area contributed by atoms with Crippen LogP contribution in [0.25, 0.3) is 0 Å². The van der Waals surface area contributed by atoms with Crippen LogP contribution < -0.4 is 5.32 Å². The summed E-state index contributed by atoms with van der Waals surface area (Å²) in [5, 5.41) is 3.59. The molecule has 0 aliphatic rings. The highest BCUT2D eigenvalue weighted by Crippen LogP contribution is 2.15. The van der Waals surface area contributed by atoms with Gasteiger partial charge in [0.15, 0.2) is 0 Å². The summed E-state index contributed by atoms with van der Waals surface area (Å²) in [6, 6.07) is 11.3. The monoisotopic (exact) mass is 346 g/mol. The molecule has 0 bridgehead atoms. The lowest BCUT2D eigenvalue weighted by Gasteiger charge is -2.19. The number of nitrogens with zero attached hydrogens (tertiary/aromatic N) is 1. The summed E-state index contributed by atoms with van der Waals surface area (Å²) >= 11 is 3.44. The highest BCUT2D eigenvalue weighted by atomic mass is 79.9. The van der Waals surface area contributed by atoms with Crippen molar-refractivity contribution in [2.45, 2.75) is 39.7 Å². The van der Waals surface area contributed by atoms with Gasteiger partial charge < -0.3 is 5.32 Å². The molecule has 0 aliphatic heterocycles. The summed E-state index contributed by atoms with van der Waals surface area (Å²) in [5.74, 6) is 0. The molecule has 0 radical (unpaired) electrons. The first kappa shape index (κ1) is 16.2. The first-order chi connectivity index (χ1) is 10.1. The largest absolute Gasteiger partial charge is 0.314 e. The van der Waals surface area contributed by atoms with Gasteiger partial charge in [0, 0.05) is 28.8 Å². The summed E-state index contributed by atoms with van der Waals surface area (Å²) in [7, 11) is 0. The van der Waals surface area contributed by atoms with Gasteiger partial charge in [-0.25, -0.2) is 0 Å². The van der Waals surface area contributed by atoms with Gasteiger partial charge in [-0.3, -0.25) is 4.98 Å². The van der Waals surface area contributed by atoms with E-state index in [0.29, 0.717) is 6.04 Å². The van der Waals surface area contributed by atoms with E-state index in [0.717, 1.165) is 29.6 Å². The number of hydrogen-bond donors (Lipinski definition) is 1. The Morgan fingerprint density at radius 1 is 1.14 bits per heavy atom. The predicted molar refractivity (Wildman–Crippen MR) is 92.7 cm³/mol. The zero-order chi connectivity index (χ0) is 15.2. The summed E-state index contributed by atoms with van der Waals surface area (Å²) in [6.45, 7) is 7.48. The van der Waals surface area contributed by atoms with E-state index in [1.165, 1.54) is 16.7 Å². The zero-order valence-corrected chi connectivity index (χ0v) is 14.6. The Hall–Kier alpha value is -1.19. The molecule has 2 aromatic rings. The van der Waals surface area contributed by atoms with Crippen molar-refractivity contribution in [1.82, 2.24) is 10.3 Å². The van der Waals surface area contributed by atoms with Crippen molar-refractivity contribution in [2.24, 2.45) is 0 Å². The van der Waals surface area contributed by atoms with Crippen LogP contribution in [0.1, 0.15) is 29.3 Å². The number of rotatable bonds is 6. The van der Waals surface area contributed by atoms with Gasteiger partial charge in [0.1, 0.15) is 0 Å². The van der Waals surface area contributed by atoms with Crippen molar-refractivity contribution >= 4 is 15.9 Å². The second-order valence-electron chi connectivity index (χ2n) is 5.56. The van der Waals surface area contributed by atoms with Gasteiger partial charge in [-0.05, 0) is 66.0 Å². The van der Waals surface area contributed by atoms with Gasteiger partial charge in [-0.1, -0.05) is 30.7 Å². The van der Waals surface area contributed by atoms with E-state index in [-0.39, 0.29) is 0 Å². The fraction of sp³-hybridized carbons (Fsp3) is 0.389. The van der Waals surface area contributed by atoms with E-state index < -0.39 is 0 Å². The molecule has 21 heavy (non-hydrogen) atoms. The zero-order valence-electron chi connectivity index (χ0n) is 13.0. The number of hydrogen-bond acceptors (Lipinski definition) is 2. The lowest BCUT2D eigenvalue weighted by molar-refractivity contribution is 0.515. The van der Waals surface area contributed by atoms with E-state index in [1.807, 2.05) is 6.20 Å². The van der Waals surface area contributed by atoms with Gasteiger partial charge in [-0.15, -0.1) is 0 Å². The number of aryl methyl sites for hydroxylation is 2. The molecule has 1 unspecified atom stereocenters. The molecule has 2 rings (SSSR count). The van der Waals surface area contributed by atoms with Crippen LogP contribution in [0.4, 0.5) is 0 Å². The van der Waals surface area contributed by atoms with Crippen LogP contribution in [-0.2, 0) is 12.8 Å². The molecule has 0 saturated carbocycles. The molecule has 0 fully saturated rings. The topological polar surface area (TPSA) is 24.9 Å². The van der Waals surface area contributed by atoms with E-state index in [2.05, 4.69) is 77.3 Å². The van der Waals surface area contributed by atoms with Crippen LogP contribution in [0.5, 0.6) is 0 Å². The first-order valence-electron chi connectivity index (χ1n) is 7.48. The second kappa shape index (κ2) is 7.71. The number of pyridine rings is 1. The minimum atomic E-state index is 0.421. The van der Waals surface area contributed by atoms with Crippen molar-refractivity contribution in [3.63, 3.8) is 0 Å². The minimum Gasteiger partial charge on any atom is -0.314 e. The van der Waals surface area contributed by atoms with E-state index in [9.17, 15) is 0 Å². The number of benzene rings is 1. The third kappa shape index (κ3) is 4.94. The van der Waals surface area contributed by atoms with Crippen LogP contribution in [-0.4, -0.2) is 17.6 Å². The molecule has 0 amide bonds. The van der Waals surface area contributed by atoms with Gasteiger partial charge in [0.05, 0.1) is 0 Å². The minimum absolute atomic E-state index is 0.421. The molecule has 1 aromatic heterocycles. The number of halogens is 1. The van der Waals surface area contributed by atoms with Gasteiger partial charge in [0.25, 0.3) is 0 Å². The van der Waals surface area contributed by atoms with E-state index >= 15 is 0 Å². The van der Waals surface area contributed by atoms with Gasteiger partial charge in [0.2, 0.25) is 0 Å². The van der Waals surface area contributed by atoms with Gasteiger partial charge in [-0.2, -0.15) is 0 Å². The average Bonchev–Trinajstić information content (AvgIpc) is 2.45. The van der Waals surface area contributed by atoms with Crippen molar-refractivity contribution in [3.05, 3.63) is 63.4 Å². The number of likely N-dealkylation sites (N-methyl/N-ethyl adjacent to an activating group) is 1. The highest BCUT2D eigenvalue weighted by Gasteiger charge is 2.12. The van der Waals surface area contributed by atoms with Crippen molar-refractivity contribution in [2.75, 3.05) is 6.54 Å². The summed E-state index contributed by atoms with van der Waals surface area (Å²) in [5.41, 5.74) is 5.26. The molecule has 0 spiro atoms. The maximum Gasteiger partial charge on any atom is 0.0420 e. The molecular formula is C18H23BrN2. The molecule has 1 heterocycles. The molecular weight excluding hydrogens is 324 g/mol. The Labute approximate surface area is 136 Å². The van der Waals surface area contributed by atoms with Crippen LogP contribution in [0.2, 0.25) is 0 Å². The number of aromatic nitrogens is 1. The number of nitrogens with one attached hydrogen (secondary N) is 1. The summed E-state index contributed by atoms with van der Waals surface area (Å²) in [4.78, 5) is 4.50. The molecule has 2 nitrogen and oxygen atoms in total. The van der Waals surface area contributed by atoms with Gasteiger partial charge >= 0.3 is 0 Å². The Kier molecular flexibility index (Phi) is 5.95. The Bertz CT molecular complexity index is 578. The fourth-order valence-electron chi connectivity index (χ4n) is 2.57. The van der Waals surface area contributed by atoms with Crippen LogP contribution in [0.15, 0.2) is 41.0 Å². The summed E-state index contributed by atoms with van der Waals surface area (Å²) < 4.78 is 1.03. The SMILES string of the molecule is CCNC(Cc1ccc(Br)cn1)Cc1cc(C)ccc1C. The quantitative estimate of drug-likeness (QED) is 0.846. The van der Waals surface area contributed by atoms with E-state index in [4.69, 9.17) is 0 Å². The maximum atomic E-state index is 4.50. The molecule has 0 saturated heterocycles. The Morgan fingerprint density at radius 3 is 2.62 bits per heavy atom. The second-order valence-corrected chi connectivity index (χ2v) is 6.48. The Balaban J connectivity index is 2.11. The normalized spacial score (nSPS) is 12.4. The maximum absolute atomic E-state index is 4.50. The third-order valence-electron chi connectivity index (χ3n) is 3.71. The standard InChI is InChI=1S/C18H23BrN2/c1-4-20-18(11-17-8-7-16(19)12-21-17)10-15-9-13(2)5-6-14(15)3/h5-9,12,18,20H,4,10-11H2,1-3H3. The molecule has 1 N–H and O–H groups in total. The highest BCUT2D eigenvalue weighted by molar-refractivity contribution is 9.10. The van der Waals surface area contributed by atoms with Crippen LogP contribution in [0.3, 0.4) is 0 Å². The molecule has 1 aromatic carbocycles. The average molecular weight is 347 g/mol. The molecule has 3 heteroatoms. The first-order valence-corrected chi connectivity index (χ1v) is 8.27.